The van der Waals surface area contributed by atoms with Crippen molar-refractivity contribution in [2.24, 2.45) is 0 Å². The van der Waals surface area contributed by atoms with Crippen LogP contribution in [0.2, 0.25) is 0 Å². The highest BCUT2D eigenvalue weighted by Crippen LogP contribution is 2.53. The van der Waals surface area contributed by atoms with Crippen LogP contribution in [0.1, 0.15) is 0 Å². The Morgan fingerprint density at radius 1 is 0.550 bits per heavy atom. The van der Waals surface area contributed by atoms with Gasteiger partial charge in [-0.3, -0.25) is 0 Å². The van der Waals surface area contributed by atoms with E-state index in [2.05, 4.69) is 0 Å². The maximum Gasteiger partial charge on any atom is 0.389 e. The number of carbonyl (C=O) groups is 3. The van der Waals surface area contributed by atoms with Crippen molar-refractivity contribution in [2.75, 3.05) is 0 Å². The number of halogens is 7. The summed E-state index contributed by atoms with van der Waals surface area (Å²) >= 11 is 0. The Labute approximate surface area is 103 Å². The zero-order chi connectivity index (χ0) is 16.7. The smallest absolute Gasteiger partial charge is 0.389 e. The number of carboxylic acid groups (broad SMARTS) is 3. The van der Waals surface area contributed by atoms with Gasteiger partial charge in [-0.2, -0.15) is 26.3 Å². The zero-order valence-electron chi connectivity index (χ0n) is 8.71. The SMILES string of the molecule is O=C(O)C(F)(F)C(F)(C(F)(F)C(=O)O)C(F)(F)C(=O)O. The Morgan fingerprint density at radius 2 is 0.700 bits per heavy atom. The van der Waals surface area contributed by atoms with Crippen molar-refractivity contribution >= 4 is 17.9 Å². The summed E-state index contributed by atoms with van der Waals surface area (Å²) in [5, 5.41) is 23.5. The maximum atomic E-state index is 13.5. The topological polar surface area (TPSA) is 112 Å². The monoisotopic (exact) mass is 316 g/mol. The third kappa shape index (κ3) is 1.92. The summed E-state index contributed by atoms with van der Waals surface area (Å²) in [5.41, 5.74) is -7.05. The molecule has 0 aliphatic rings. The Kier molecular flexibility index (Phi) is 4.02. The molecule has 0 unspecified atom stereocenters. The summed E-state index contributed by atoms with van der Waals surface area (Å²) in [7, 11) is 0. The molecule has 6 nitrogen and oxygen atoms in total. The fourth-order valence-corrected chi connectivity index (χ4v) is 1.03. The Hall–Kier alpha value is -2.08. The summed E-state index contributed by atoms with van der Waals surface area (Å²) in [6, 6.07) is 0. The molecule has 0 radical (unpaired) electrons. The van der Waals surface area contributed by atoms with E-state index in [1.807, 2.05) is 0 Å². The number of alkyl halides is 7. The van der Waals surface area contributed by atoms with Gasteiger partial charge in [-0.15, -0.1) is 0 Å². The fourth-order valence-electron chi connectivity index (χ4n) is 1.03. The molecule has 0 aromatic carbocycles. The van der Waals surface area contributed by atoms with Crippen molar-refractivity contribution in [1.29, 1.82) is 0 Å². The van der Waals surface area contributed by atoms with Gasteiger partial charge in [-0.1, -0.05) is 0 Å². The highest BCUT2D eigenvalue weighted by atomic mass is 19.3. The van der Waals surface area contributed by atoms with E-state index in [-0.39, 0.29) is 0 Å². The van der Waals surface area contributed by atoms with Crippen LogP contribution in [0.25, 0.3) is 0 Å². The van der Waals surface area contributed by atoms with Crippen LogP contribution in [0.15, 0.2) is 0 Å². The highest BCUT2D eigenvalue weighted by molar-refractivity contribution is 5.88. The predicted molar refractivity (Wildman–Crippen MR) is 41.6 cm³/mol. The second-order valence-corrected chi connectivity index (χ2v) is 3.30. The van der Waals surface area contributed by atoms with Crippen LogP contribution in [0, 0.1) is 0 Å². The third-order valence-electron chi connectivity index (χ3n) is 2.10. The lowest BCUT2D eigenvalue weighted by Gasteiger charge is -2.37. The van der Waals surface area contributed by atoms with Gasteiger partial charge in [0.2, 0.25) is 0 Å². The molecule has 0 heterocycles. The van der Waals surface area contributed by atoms with Gasteiger partial charge in [0.25, 0.3) is 0 Å². The first-order valence-electron chi connectivity index (χ1n) is 4.11. The third-order valence-corrected chi connectivity index (χ3v) is 2.10. The molecular weight excluding hydrogens is 313 g/mol. The van der Waals surface area contributed by atoms with Crippen molar-refractivity contribution in [3.63, 3.8) is 0 Å². The summed E-state index contributed by atoms with van der Waals surface area (Å²) < 4.78 is 90.6. The first-order chi connectivity index (χ1) is 8.58. The Morgan fingerprint density at radius 3 is 0.800 bits per heavy atom. The molecule has 0 aromatic heterocycles. The van der Waals surface area contributed by atoms with Crippen molar-refractivity contribution in [1.82, 2.24) is 0 Å². The highest BCUT2D eigenvalue weighted by Gasteiger charge is 2.89. The Balaban J connectivity index is 6.62. The molecule has 0 fully saturated rings. The minimum absolute atomic E-state index is 3.90. The van der Waals surface area contributed by atoms with Crippen LogP contribution in [0.3, 0.4) is 0 Å². The number of hydrogen-bond acceptors (Lipinski definition) is 3. The van der Waals surface area contributed by atoms with E-state index in [1.165, 1.54) is 0 Å². The van der Waals surface area contributed by atoms with E-state index in [4.69, 9.17) is 15.3 Å². The lowest BCUT2D eigenvalue weighted by Crippen LogP contribution is -2.73. The second-order valence-electron chi connectivity index (χ2n) is 3.30. The largest absolute Gasteiger partial charge is 0.477 e. The fraction of sp³-hybridized carbons (Fsp3) is 0.571. The average Bonchev–Trinajstić information content (AvgIpc) is 2.26. The van der Waals surface area contributed by atoms with Crippen molar-refractivity contribution in [3.05, 3.63) is 0 Å². The van der Waals surface area contributed by atoms with Crippen LogP contribution in [-0.4, -0.2) is 56.7 Å². The molecule has 20 heavy (non-hydrogen) atoms. The molecule has 0 saturated carbocycles. The van der Waals surface area contributed by atoms with E-state index >= 15 is 0 Å². The van der Waals surface area contributed by atoms with Gasteiger partial charge in [0.1, 0.15) is 0 Å². The van der Waals surface area contributed by atoms with Gasteiger partial charge in [0, 0.05) is 0 Å². The number of hydrogen-bond donors (Lipinski definition) is 3. The Bertz CT molecular complexity index is 394. The minimum atomic E-state index is -7.05. The zero-order valence-corrected chi connectivity index (χ0v) is 8.71. The van der Waals surface area contributed by atoms with Crippen LogP contribution < -0.4 is 0 Å². The molecule has 0 rings (SSSR count). The first kappa shape index (κ1) is 17.9. The molecule has 0 aliphatic heterocycles. The van der Waals surface area contributed by atoms with Crippen molar-refractivity contribution < 1.29 is 60.4 Å². The van der Waals surface area contributed by atoms with E-state index in [1.54, 1.807) is 0 Å². The molecule has 0 aromatic rings. The molecule has 116 valence electrons. The summed E-state index contributed by atoms with van der Waals surface area (Å²) in [4.78, 5) is 29.9. The van der Waals surface area contributed by atoms with Gasteiger partial charge < -0.3 is 15.3 Å². The quantitative estimate of drug-likeness (QED) is 0.627. The standard InChI is InChI=1S/C7H3F7O6/c8-4(9,1(15)16)7(14,5(10,11)2(17)18)6(12,13)3(19)20/h(H,15,16)(H,17,18)(H,19,20). The van der Waals surface area contributed by atoms with E-state index in [0.717, 1.165) is 0 Å². The van der Waals surface area contributed by atoms with Crippen molar-refractivity contribution in [3.8, 4) is 0 Å². The summed E-state index contributed by atoms with van der Waals surface area (Å²) in [6.45, 7) is 0. The summed E-state index contributed by atoms with van der Waals surface area (Å²) in [5.74, 6) is -31.9. The van der Waals surface area contributed by atoms with Gasteiger partial charge in [-0.05, 0) is 0 Å². The van der Waals surface area contributed by atoms with E-state index < -0.39 is 41.3 Å². The lowest BCUT2D eigenvalue weighted by atomic mass is 9.83. The summed E-state index contributed by atoms with van der Waals surface area (Å²) in [6.07, 6.45) is 0. The van der Waals surface area contributed by atoms with Crippen LogP contribution >= 0.6 is 0 Å². The van der Waals surface area contributed by atoms with Crippen molar-refractivity contribution in [2.45, 2.75) is 23.4 Å². The molecule has 0 aliphatic carbocycles. The molecule has 3 N–H and O–H groups in total. The predicted octanol–water partition coefficient (Wildman–Crippen LogP) is 0.854. The van der Waals surface area contributed by atoms with E-state index in [0.29, 0.717) is 0 Å². The van der Waals surface area contributed by atoms with Crippen LogP contribution in [0.5, 0.6) is 0 Å². The maximum absolute atomic E-state index is 13.5. The molecule has 0 bridgehead atoms. The molecule has 0 atom stereocenters. The molecule has 0 saturated heterocycles. The number of rotatable bonds is 6. The number of carboxylic acids is 3. The number of aliphatic carboxylic acids is 3. The minimum Gasteiger partial charge on any atom is -0.477 e. The van der Waals surface area contributed by atoms with Gasteiger partial charge >= 0.3 is 41.3 Å². The van der Waals surface area contributed by atoms with E-state index in [9.17, 15) is 45.1 Å². The normalized spacial score (nSPS) is 13.9. The van der Waals surface area contributed by atoms with Gasteiger partial charge in [-0.25, -0.2) is 18.8 Å². The first-order valence-corrected chi connectivity index (χ1v) is 4.11. The van der Waals surface area contributed by atoms with Crippen LogP contribution in [0.4, 0.5) is 30.7 Å². The second kappa shape index (κ2) is 4.49. The van der Waals surface area contributed by atoms with Gasteiger partial charge in [0.05, 0.1) is 0 Å². The van der Waals surface area contributed by atoms with Crippen LogP contribution in [-0.2, 0) is 14.4 Å². The molecule has 13 heteroatoms. The molecule has 0 spiro atoms. The average molecular weight is 316 g/mol. The molecule has 0 amide bonds. The molecular formula is C7H3F7O6. The lowest BCUT2D eigenvalue weighted by molar-refractivity contribution is -0.311. The van der Waals surface area contributed by atoms with Gasteiger partial charge in [0.15, 0.2) is 0 Å².